The third kappa shape index (κ3) is 2.54. The summed E-state index contributed by atoms with van der Waals surface area (Å²) in [5, 5.41) is 7.95. The minimum atomic E-state index is -0.190. The molecule has 0 saturated heterocycles. The van der Waals surface area contributed by atoms with Gasteiger partial charge in [0, 0.05) is 25.2 Å². The highest BCUT2D eigenvalue weighted by Gasteiger charge is 2.26. The molecule has 0 saturated carbocycles. The normalized spacial score (nSPS) is 17.8. The van der Waals surface area contributed by atoms with Crippen LogP contribution in [-0.2, 0) is 13.5 Å². The molecule has 1 aromatic heterocycles. The standard InChI is InChI=1S/C10H20N4/c1-5-8(2)10(3,11)6-9-7-14(4)13-12-9/h7-8H,5-6,11H2,1-4H3. The summed E-state index contributed by atoms with van der Waals surface area (Å²) >= 11 is 0. The van der Waals surface area contributed by atoms with E-state index >= 15 is 0 Å². The highest BCUT2D eigenvalue weighted by molar-refractivity contribution is 5.01. The van der Waals surface area contributed by atoms with E-state index in [0.717, 1.165) is 18.5 Å². The molecule has 0 aliphatic carbocycles. The molecule has 2 unspecified atom stereocenters. The summed E-state index contributed by atoms with van der Waals surface area (Å²) in [6, 6.07) is 0. The molecule has 0 fully saturated rings. The average Bonchev–Trinajstić information content (AvgIpc) is 2.48. The van der Waals surface area contributed by atoms with Crippen LogP contribution in [-0.4, -0.2) is 20.5 Å². The van der Waals surface area contributed by atoms with E-state index in [9.17, 15) is 0 Å². The van der Waals surface area contributed by atoms with Crippen LogP contribution in [0, 0.1) is 5.92 Å². The van der Waals surface area contributed by atoms with Crippen molar-refractivity contribution in [1.29, 1.82) is 0 Å². The SMILES string of the molecule is CCC(C)C(C)(N)Cc1cn(C)nn1. The maximum atomic E-state index is 6.24. The Bertz CT molecular complexity index is 290. The lowest BCUT2D eigenvalue weighted by Gasteiger charge is -2.30. The van der Waals surface area contributed by atoms with Gasteiger partial charge < -0.3 is 5.73 Å². The number of rotatable bonds is 4. The monoisotopic (exact) mass is 196 g/mol. The van der Waals surface area contributed by atoms with Crippen LogP contribution >= 0.6 is 0 Å². The van der Waals surface area contributed by atoms with E-state index < -0.39 is 0 Å². The Morgan fingerprint density at radius 2 is 2.29 bits per heavy atom. The maximum Gasteiger partial charge on any atom is 0.0845 e. The molecule has 1 heterocycles. The van der Waals surface area contributed by atoms with Crippen LogP contribution in [0.4, 0.5) is 0 Å². The lowest BCUT2D eigenvalue weighted by Crippen LogP contribution is -2.44. The van der Waals surface area contributed by atoms with Crippen LogP contribution < -0.4 is 5.73 Å². The molecule has 1 rings (SSSR count). The van der Waals surface area contributed by atoms with Crippen LogP contribution in [0.2, 0.25) is 0 Å². The van der Waals surface area contributed by atoms with Gasteiger partial charge in [-0.05, 0) is 12.8 Å². The van der Waals surface area contributed by atoms with Gasteiger partial charge in [-0.3, -0.25) is 4.68 Å². The maximum absolute atomic E-state index is 6.24. The molecule has 2 N–H and O–H groups in total. The predicted octanol–water partition coefficient (Wildman–Crippen LogP) is 1.12. The summed E-state index contributed by atoms with van der Waals surface area (Å²) in [4.78, 5) is 0. The minimum absolute atomic E-state index is 0.190. The van der Waals surface area contributed by atoms with Crippen molar-refractivity contribution in [2.45, 2.75) is 39.2 Å². The van der Waals surface area contributed by atoms with Gasteiger partial charge >= 0.3 is 0 Å². The zero-order chi connectivity index (χ0) is 10.8. The summed E-state index contributed by atoms with van der Waals surface area (Å²) in [6.45, 7) is 6.42. The summed E-state index contributed by atoms with van der Waals surface area (Å²) in [5.74, 6) is 0.490. The largest absolute Gasteiger partial charge is 0.325 e. The molecular formula is C10H20N4. The lowest BCUT2D eigenvalue weighted by molar-refractivity contribution is 0.304. The van der Waals surface area contributed by atoms with Crippen molar-refractivity contribution in [1.82, 2.24) is 15.0 Å². The molecule has 2 atom stereocenters. The molecule has 0 aromatic carbocycles. The van der Waals surface area contributed by atoms with Crippen molar-refractivity contribution in [3.63, 3.8) is 0 Å². The average molecular weight is 196 g/mol. The van der Waals surface area contributed by atoms with E-state index in [4.69, 9.17) is 5.73 Å². The van der Waals surface area contributed by atoms with E-state index in [0.29, 0.717) is 5.92 Å². The second kappa shape index (κ2) is 4.09. The molecule has 0 radical (unpaired) electrons. The Morgan fingerprint density at radius 1 is 1.64 bits per heavy atom. The molecule has 0 aliphatic heterocycles. The molecule has 0 aliphatic rings. The number of hydrogen-bond donors (Lipinski definition) is 1. The van der Waals surface area contributed by atoms with Crippen LogP contribution in [0.25, 0.3) is 0 Å². The summed E-state index contributed by atoms with van der Waals surface area (Å²) in [5.41, 5.74) is 7.02. The Hall–Kier alpha value is -0.900. The van der Waals surface area contributed by atoms with Crippen molar-refractivity contribution in [3.05, 3.63) is 11.9 Å². The van der Waals surface area contributed by atoms with Gasteiger partial charge in [0.05, 0.1) is 5.69 Å². The topological polar surface area (TPSA) is 56.7 Å². The van der Waals surface area contributed by atoms with Gasteiger partial charge in [0.1, 0.15) is 0 Å². The van der Waals surface area contributed by atoms with Gasteiger partial charge in [-0.15, -0.1) is 5.10 Å². The Morgan fingerprint density at radius 3 is 2.71 bits per heavy atom. The molecule has 0 spiro atoms. The van der Waals surface area contributed by atoms with Crippen molar-refractivity contribution in [2.24, 2.45) is 18.7 Å². The van der Waals surface area contributed by atoms with E-state index in [2.05, 4.69) is 31.1 Å². The number of hydrogen-bond acceptors (Lipinski definition) is 3. The molecule has 1 aromatic rings. The van der Waals surface area contributed by atoms with E-state index in [-0.39, 0.29) is 5.54 Å². The summed E-state index contributed by atoms with van der Waals surface area (Å²) < 4.78 is 1.71. The highest BCUT2D eigenvalue weighted by atomic mass is 15.4. The van der Waals surface area contributed by atoms with E-state index in [1.807, 2.05) is 13.2 Å². The van der Waals surface area contributed by atoms with E-state index in [1.54, 1.807) is 4.68 Å². The van der Waals surface area contributed by atoms with Gasteiger partial charge in [-0.2, -0.15) is 0 Å². The first kappa shape index (κ1) is 11.2. The first-order valence-electron chi connectivity index (χ1n) is 5.09. The Labute approximate surface area is 85.5 Å². The van der Waals surface area contributed by atoms with Crippen LogP contribution in [0.15, 0.2) is 6.20 Å². The zero-order valence-corrected chi connectivity index (χ0v) is 9.49. The first-order valence-corrected chi connectivity index (χ1v) is 5.09. The Balaban J connectivity index is 2.67. The third-order valence-electron chi connectivity index (χ3n) is 2.95. The number of nitrogens with two attached hydrogens (primary N) is 1. The van der Waals surface area contributed by atoms with Gasteiger partial charge in [0.25, 0.3) is 0 Å². The molecule has 4 nitrogen and oxygen atoms in total. The highest BCUT2D eigenvalue weighted by Crippen LogP contribution is 2.20. The van der Waals surface area contributed by atoms with Crippen LogP contribution in [0.5, 0.6) is 0 Å². The van der Waals surface area contributed by atoms with Crippen molar-refractivity contribution < 1.29 is 0 Å². The second-order valence-corrected chi connectivity index (χ2v) is 4.38. The first-order chi connectivity index (χ1) is 6.45. The quantitative estimate of drug-likeness (QED) is 0.785. The molecule has 4 heteroatoms. The Kier molecular flexibility index (Phi) is 3.26. The lowest BCUT2D eigenvalue weighted by atomic mass is 9.82. The molecule has 14 heavy (non-hydrogen) atoms. The van der Waals surface area contributed by atoms with E-state index in [1.165, 1.54) is 0 Å². The molecule has 0 bridgehead atoms. The number of aromatic nitrogens is 3. The van der Waals surface area contributed by atoms with Crippen molar-refractivity contribution >= 4 is 0 Å². The summed E-state index contributed by atoms with van der Waals surface area (Å²) in [6.07, 6.45) is 3.80. The number of aryl methyl sites for hydroxylation is 1. The van der Waals surface area contributed by atoms with Gasteiger partial charge in [-0.25, -0.2) is 0 Å². The van der Waals surface area contributed by atoms with Crippen molar-refractivity contribution in [3.8, 4) is 0 Å². The zero-order valence-electron chi connectivity index (χ0n) is 9.49. The minimum Gasteiger partial charge on any atom is -0.325 e. The van der Waals surface area contributed by atoms with Gasteiger partial charge in [-0.1, -0.05) is 25.5 Å². The van der Waals surface area contributed by atoms with Gasteiger partial charge in [0.15, 0.2) is 0 Å². The summed E-state index contributed by atoms with van der Waals surface area (Å²) in [7, 11) is 1.87. The molecule has 0 amide bonds. The van der Waals surface area contributed by atoms with Crippen molar-refractivity contribution in [2.75, 3.05) is 0 Å². The number of nitrogens with zero attached hydrogens (tertiary/aromatic N) is 3. The van der Waals surface area contributed by atoms with Crippen LogP contribution in [0.3, 0.4) is 0 Å². The fraction of sp³-hybridized carbons (Fsp3) is 0.800. The second-order valence-electron chi connectivity index (χ2n) is 4.38. The fourth-order valence-electron chi connectivity index (χ4n) is 1.51. The fourth-order valence-corrected chi connectivity index (χ4v) is 1.51. The third-order valence-corrected chi connectivity index (χ3v) is 2.95. The molecule has 80 valence electrons. The molecular weight excluding hydrogens is 176 g/mol. The van der Waals surface area contributed by atoms with Crippen LogP contribution in [0.1, 0.15) is 32.9 Å². The van der Waals surface area contributed by atoms with Gasteiger partial charge in [0.2, 0.25) is 0 Å². The predicted molar refractivity (Wildman–Crippen MR) is 56.8 cm³/mol. The smallest absolute Gasteiger partial charge is 0.0845 e.